The van der Waals surface area contributed by atoms with Crippen LogP contribution >= 0.6 is 11.5 Å². The van der Waals surface area contributed by atoms with Crippen molar-refractivity contribution in [2.24, 2.45) is 0 Å². The maximum absolute atomic E-state index is 12.7. The Morgan fingerprint density at radius 2 is 1.93 bits per heavy atom. The van der Waals surface area contributed by atoms with Crippen LogP contribution in [0.5, 0.6) is 0 Å². The van der Waals surface area contributed by atoms with E-state index in [4.69, 9.17) is 4.98 Å². The Kier molecular flexibility index (Phi) is 6.05. The predicted octanol–water partition coefficient (Wildman–Crippen LogP) is 4.18. The van der Waals surface area contributed by atoms with Gasteiger partial charge in [0.2, 0.25) is 5.13 Å². The zero-order valence-corrected chi connectivity index (χ0v) is 17.4. The normalized spacial score (nSPS) is 14.5. The van der Waals surface area contributed by atoms with E-state index in [1.165, 1.54) is 17.1 Å². The molecule has 1 N–H and O–H groups in total. The summed E-state index contributed by atoms with van der Waals surface area (Å²) < 4.78 is 4.53. The number of carbonyl (C=O) groups is 1. The Morgan fingerprint density at radius 3 is 2.76 bits per heavy atom. The van der Waals surface area contributed by atoms with Gasteiger partial charge in [0.05, 0.1) is 0 Å². The Hall–Kier alpha value is -2.93. The lowest BCUT2D eigenvalue weighted by atomic mass is 10.1. The quantitative estimate of drug-likeness (QED) is 0.705. The molecule has 1 aromatic heterocycles. The molecular formula is C22H25N5OS. The summed E-state index contributed by atoms with van der Waals surface area (Å²) >= 11 is 1.44. The predicted molar refractivity (Wildman–Crippen MR) is 118 cm³/mol. The Morgan fingerprint density at radius 1 is 1.07 bits per heavy atom. The third-order valence-electron chi connectivity index (χ3n) is 4.99. The van der Waals surface area contributed by atoms with E-state index in [1.54, 1.807) is 0 Å². The number of aryl methyl sites for hydroxylation is 1. The van der Waals surface area contributed by atoms with Gasteiger partial charge in [-0.05, 0) is 36.6 Å². The van der Waals surface area contributed by atoms with Crippen molar-refractivity contribution >= 4 is 28.4 Å². The zero-order valence-electron chi connectivity index (χ0n) is 16.5. The fourth-order valence-electron chi connectivity index (χ4n) is 3.46. The van der Waals surface area contributed by atoms with Gasteiger partial charge in [-0.2, -0.15) is 4.37 Å². The number of hydrogen-bond acceptors (Lipinski definition) is 5. The highest BCUT2D eigenvalue weighted by Crippen LogP contribution is 2.21. The number of urea groups is 1. The molecule has 4 rings (SSSR count). The maximum atomic E-state index is 12.7. The molecule has 0 spiro atoms. The molecule has 2 heterocycles. The summed E-state index contributed by atoms with van der Waals surface area (Å²) in [6, 6.07) is 18.1. The first-order chi connectivity index (χ1) is 14.2. The van der Waals surface area contributed by atoms with E-state index in [0.29, 0.717) is 6.54 Å². The Labute approximate surface area is 175 Å². The second kappa shape index (κ2) is 9.05. The summed E-state index contributed by atoms with van der Waals surface area (Å²) in [7, 11) is 0. The summed E-state index contributed by atoms with van der Waals surface area (Å²) in [5, 5.41) is 3.95. The largest absolute Gasteiger partial charge is 0.345 e. The van der Waals surface area contributed by atoms with Gasteiger partial charge >= 0.3 is 6.03 Å². The van der Waals surface area contributed by atoms with Gasteiger partial charge in [-0.1, -0.05) is 42.5 Å². The van der Waals surface area contributed by atoms with Gasteiger partial charge in [-0.25, -0.2) is 9.78 Å². The minimum atomic E-state index is -0.0421. The minimum absolute atomic E-state index is 0.0421. The number of nitrogens with zero attached hydrogens (tertiary/aromatic N) is 4. The molecule has 3 aromatic rings. The maximum Gasteiger partial charge on any atom is 0.321 e. The molecule has 1 aliphatic heterocycles. The van der Waals surface area contributed by atoms with Gasteiger partial charge in [0, 0.05) is 49.8 Å². The number of amides is 2. The van der Waals surface area contributed by atoms with Crippen LogP contribution in [-0.4, -0.2) is 46.5 Å². The topological polar surface area (TPSA) is 61.4 Å². The number of hydrogen-bond donors (Lipinski definition) is 1. The number of anilines is 2. The van der Waals surface area contributed by atoms with Crippen molar-refractivity contribution in [1.82, 2.24) is 14.3 Å². The summed E-state index contributed by atoms with van der Waals surface area (Å²) in [5.74, 6) is 0.856. The molecule has 1 saturated heterocycles. The summed E-state index contributed by atoms with van der Waals surface area (Å²) in [5.41, 5.74) is 3.19. The number of aromatic nitrogens is 2. The van der Waals surface area contributed by atoms with Gasteiger partial charge in [0.1, 0.15) is 5.82 Å². The first kappa shape index (κ1) is 19.4. The van der Waals surface area contributed by atoms with Gasteiger partial charge in [0.25, 0.3) is 0 Å². The van der Waals surface area contributed by atoms with Crippen LogP contribution in [-0.2, 0) is 6.42 Å². The van der Waals surface area contributed by atoms with Crippen LogP contribution in [0.2, 0.25) is 0 Å². The zero-order chi connectivity index (χ0) is 20.1. The first-order valence-corrected chi connectivity index (χ1v) is 10.7. The molecule has 2 amide bonds. The summed E-state index contributed by atoms with van der Waals surface area (Å²) in [6.45, 7) is 5.08. The highest BCUT2D eigenvalue weighted by molar-refractivity contribution is 7.09. The van der Waals surface area contributed by atoms with Gasteiger partial charge in [-0.15, -0.1) is 0 Å². The number of benzene rings is 2. The fourth-order valence-corrected chi connectivity index (χ4v) is 4.20. The third kappa shape index (κ3) is 5.12. The lowest BCUT2D eigenvalue weighted by molar-refractivity contribution is 0.215. The molecule has 6 nitrogen and oxygen atoms in total. The van der Waals surface area contributed by atoms with E-state index >= 15 is 0 Å². The molecule has 0 aliphatic carbocycles. The molecule has 0 unspecified atom stereocenters. The van der Waals surface area contributed by atoms with E-state index in [1.807, 2.05) is 54.3 Å². The molecule has 29 heavy (non-hydrogen) atoms. The van der Waals surface area contributed by atoms with Crippen molar-refractivity contribution in [3.63, 3.8) is 0 Å². The molecule has 7 heteroatoms. The van der Waals surface area contributed by atoms with Crippen molar-refractivity contribution in [2.45, 2.75) is 19.8 Å². The number of rotatable bonds is 4. The Balaban J connectivity index is 1.34. The second-order valence-corrected chi connectivity index (χ2v) is 8.01. The van der Waals surface area contributed by atoms with Crippen LogP contribution in [0.25, 0.3) is 0 Å². The molecular weight excluding hydrogens is 382 g/mol. The standard InChI is InChI=1S/C22H25N5OS/c1-17-7-5-10-19(15-17)23-21(28)26-11-6-12-27(14-13-26)22-24-20(25-29-22)16-18-8-3-2-4-9-18/h2-5,7-10,15H,6,11-14,16H2,1H3,(H,23,28). The molecule has 150 valence electrons. The monoisotopic (exact) mass is 407 g/mol. The molecule has 2 aromatic carbocycles. The van der Waals surface area contributed by atoms with Crippen LogP contribution in [0.3, 0.4) is 0 Å². The lowest BCUT2D eigenvalue weighted by Crippen LogP contribution is -2.38. The van der Waals surface area contributed by atoms with Gasteiger partial charge < -0.3 is 15.1 Å². The van der Waals surface area contributed by atoms with Gasteiger partial charge in [-0.3, -0.25) is 0 Å². The van der Waals surface area contributed by atoms with Crippen molar-refractivity contribution in [2.75, 3.05) is 36.4 Å². The molecule has 1 fully saturated rings. The number of carbonyl (C=O) groups excluding carboxylic acids is 1. The average Bonchev–Trinajstić information content (AvgIpc) is 3.03. The van der Waals surface area contributed by atoms with E-state index in [0.717, 1.165) is 54.7 Å². The van der Waals surface area contributed by atoms with E-state index in [9.17, 15) is 4.79 Å². The molecule has 0 atom stereocenters. The second-order valence-electron chi connectivity index (χ2n) is 7.28. The van der Waals surface area contributed by atoms with E-state index in [2.05, 4.69) is 26.7 Å². The minimum Gasteiger partial charge on any atom is -0.345 e. The van der Waals surface area contributed by atoms with Crippen LogP contribution in [0, 0.1) is 6.92 Å². The summed E-state index contributed by atoms with van der Waals surface area (Å²) in [4.78, 5) is 21.5. The molecule has 0 saturated carbocycles. The first-order valence-electron chi connectivity index (χ1n) is 9.91. The summed E-state index contributed by atoms with van der Waals surface area (Å²) in [6.07, 6.45) is 1.66. The average molecular weight is 408 g/mol. The Bertz CT molecular complexity index is 959. The fraction of sp³-hybridized carbons (Fsp3) is 0.318. The smallest absolute Gasteiger partial charge is 0.321 e. The lowest BCUT2D eigenvalue weighted by Gasteiger charge is -2.22. The van der Waals surface area contributed by atoms with Crippen molar-refractivity contribution in [3.05, 3.63) is 71.5 Å². The van der Waals surface area contributed by atoms with Crippen LogP contribution in [0.1, 0.15) is 23.4 Å². The van der Waals surface area contributed by atoms with Gasteiger partial charge in [0.15, 0.2) is 0 Å². The van der Waals surface area contributed by atoms with Crippen LogP contribution < -0.4 is 10.2 Å². The van der Waals surface area contributed by atoms with Crippen LogP contribution in [0.15, 0.2) is 54.6 Å². The van der Waals surface area contributed by atoms with Crippen molar-refractivity contribution in [1.29, 1.82) is 0 Å². The number of nitrogens with one attached hydrogen (secondary N) is 1. The highest BCUT2D eigenvalue weighted by Gasteiger charge is 2.21. The van der Waals surface area contributed by atoms with Crippen LogP contribution in [0.4, 0.5) is 15.6 Å². The molecule has 0 radical (unpaired) electrons. The SMILES string of the molecule is Cc1cccc(NC(=O)N2CCCN(c3nc(Cc4ccccc4)ns3)CC2)c1. The molecule has 0 bridgehead atoms. The molecule has 1 aliphatic rings. The third-order valence-corrected chi connectivity index (χ3v) is 5.80. The van der Waals surface area contributed by atoms with Crippen molar-refractivity contribution in [3.8, 4) is 0 Å². The van der Waals surface area contributed by atoms with E-state index in [-0.39, 0.29) is 6.03 Å². The van der Waals surface area contributed by atoms with Crippen molar-refractivity contribution < 1.29 is 4.79 Å². The highest BCUT2D eigenvalue weighted by atomic mass is 32.1. The van der Waals surface area contributed by atoms with E-state index < -0.39 is 0 Å².